The third-order valence-corrected chi connectivity index (χ3v) is 6.03. The summed E-state index contributed by atoms with van der Waals surface area (Å²) in [5.74, 6) is -3.22. The Bertz CT molecular complexity index is 1330. The molecule has 0 unspecified atom stereocenters. The Kier molecular flexibility index (Phi) is 5.28. The molecule has 0 aliphatic carbocycles. The third kappa shape index (κ3) is 3.60. The Morgan fingerprint density at radius 3 is 2.17 bits per heavy atom. The molecule has 0 spiro atoms. The van der Waals surface area contributed by atoms with Crippen LogP contribution in [0.2, 0.25) is 0 Å². The average Bonchev–Trinajstić information content (AvgIpc) is 3.35. The van der Waals surface area contributed by atoms with Gasteiger partial charge in [-0.15, -0.1) is 0 Å². The second-order valence-corrected chi connectivity index (χ2v) is 8.00. The SMILES string of the molecule is O=C1[C@@H]2[C@@H](c3ccccc3[N+](=O)[O-])N(c3ccccc3)O[C@H]2C(=O)N1c1ccccc1C(F)(F)F. The molecule has 0 N–H and O–H groups in total. The maximum atomic E-state index is 13.6. The number of anilines is 2. The monoisotopic (exact) mass is 483 g/mol. The highest BCUT2D eigenvalue weighted by molar-refractivity contribution is 6.24. The molecule has 0 aromatic heterocycles. The van der Waals surface area contributed by atoms with E-state index in [4.69, 9.17) is 4.84 Å². The smallest absolute Gasteiger partial charge is 0.273 e. The fraction of sp³-hybridized carbons (Fsp3) is 0.167. The van der Waals surface area contributed by atoms with Crippen LogP contribution in [0.15, 0.2) is 78.9 Å². The van der Waals surface area contributed by atoms with Gasteiger partial charge < -0.3 is 0 Å². The van der Waals surface area contributed by atoms with Crippen LogP contribution in [-0.2, 0) is 20.6 Å². The molecule has 2 aliphatic heterocycles. The lowest BCUT2D eigenvalue weighted by Crippen LogP contribution is -2.38. The second-order valence-electron chi connectivity index (χ2n) is 8.00. The number of hydrogen-bond donors (Lipinski definition) is 0. The molecular weight excluding hydrogens is 467 g/mol. The van der Waals surface area contributed by atoms with E-state index in [1.807, 2.05) is 0 Å². The van der Waals surface area contributed by atoms with Crippen molar-refractivity contribution in [2.45, 2.75) is 18.3 Å². The number of nitro benzene ring substituents is 1. The van der Waals surface area contributed by atoms with E-state index in [1.165, 1.54) is 35.4 Å². The van der Waals surface area contributed by atoms with Crippen LogP contribution in [-0.4, -0.2) is 22.8 Å². The number of para-hydroxylation sites is 3. The van der Waals surface area contributed by atoms with E-state index in [9.17, 15) is 32.9 Å². The summed E-state index contributed by atoms with van der Waals surface area (Å²) in [7, 11) is 0. The van der Waals surface area contributed by atoms with Gasteiger partial charge in [0.05, 0.1) is 27.4 Å². The van der Waals surface area contributed by atoms with Crippen LogP contribution in [0.3, 0.4) is 0 Å². The van der Waals surface area contributed by atoms with Gasteiger partial charge in [-0.25, -0.2) is 9.96 Å². The first-order valence-electron chi connectivity index (χ1n) is 10.5. The highest BCUT2D eigenvalue weighted by Gasteiger charge is 2.61. The Balaban J connectivity index is 1.65. The average molecular weight is 483 g/mol. The molecular formula is C24H16F3N3O5. The fourth-order valence-corrected chi connectivity index (χ4v) is 4.58. The van der Waals surface area contributed by atoms with Crippen molar-refractivity contribution < 1.29 is 32.5 Å². The van der Waals surface area contributed by atoms with Gasteiger partial charge in [-0.05, 0) is 30.3 Å². The van der Waals surface area contributed by atoms with Gasteiger partial charge in [0.1, 0.15) is 12.0 Å². The quantitative estimate of drug-likeness (QED) is 0.304. The standard InChI is InChI=1S/C24H16F3N3O5/c25-24(26,27)16-11-5-7-13-18(16)28-22(31)19-20(15-10-4-6-12-17(15)30(33)34)29(35-21(19)23(28)32)14-8-2-1-3-9-14/h1-13,19-21H/t19-,20-,21-/m1/s1. The number of hydrogen-bond acceptors (Lipinski definition) is 6. The molecule has 5 rings (SSSR count). The molecule has 178 valence electrons. The highest BCUT2D eigenvalue weighted by Crippen LogP contribution is 2.50. The van der Waals surface area contributed by atoms with Crippen LogP contribution in [0, 0.1) is 16.0 Å². The number of imide groups is 1. The molecule has 3 aromatic rings. The summed E-state index contributed by atoms with van der Waals surface area (Å²) in [5.41, 5.74) is -1.55. The van der Waals surface area contributed by atoms with E-state index < -0.39 is 52.2 Å². The maximum absolute atomic E-state index is 13.6. The molecule has 2 fully saturated rings. The first-order valence-corrected chi connectivity index (χ1v) is 10.5. The third-order valence-electron chi connectivity index (χ3n) is 6.03. The molecule has 2 saturated heterocycles. The molecule has 2 heterocycles. The Labute approximate surface area is 196 Å². The van der Waals surface area contributed by atoms with Gasteiger partial charge >= 0.3 is 6.18 Å². The van der Waals surface area contributed by atoms with E-state index >= 15 is 0 Å². The van der Waals surface area contributed by atoms with Crippen molar-refractivity contribution in [3.05, 3.63) is 100 Å². The fourth-order valence-electron chi connectivity index (χ4n) is 4.58. The van der Waals surface area contributed by atoms with Gasteiger partial charge in [0.15, 0.2) is 6.10 Å². The minimum Gasteiger partial charge on any atom is -0.273 e. The summed E-state index contributed by atoms with van der Waals surface area (Å²) in [6, 6.07) is 17.2. The number of amides is 2. The van der Waals surface area contributed by atoms with Crippen LogP contribution in [0.5, 0.6) is 0 Å². The van der Waals surface area contributed by atoms with Gasteiger partial charge in [0.2, 0.25) is 5.91 Å². The molecule has 2 aliphatic rings. The Morgan fingerprint density at radius 2 is 1.49 bits per heavy atom. The van der Waals surface area contributed by atoms with E-state index in [2.05, 4.69) is 0 Å². The minimum absolute atomic E-state index is 0.0981. The number of alkyl halides is 3. The van der Waals surface area contributed by atoms with Crippen molar-refractivity contribution in [2.24, 2.45) is 5.92 Å². The van der Waals surface area contributed by atoms with Gasteiger partial charge in [0.25, 0.3) is 11.6 Å². The van der Waals surface area contributed by atoms with Crippen molar-refractivity contribution in [3.8, 4) is 0 Å². The molecule has 3 aromatic carbocycles. The predicted octanol–water partition coefficient (Wildman–Crippen LogP) is 4.66. The van der Waals surface area contributed by atoms with Crippen LogP contribution >= 0.6 is 0 Å². The lowest BCUT2D eigenvalue weighted by Gasteiger charge is -2.29. The largest absolute Gasteiger partial charge is 0.418 e. The first kappa shape index (κ1) is 22.5. The number of fused-ring (bicyclic) bond motifs is 1. The number of carbonyl (C=O) groups is 2. The van der Waals surface area contributed by atoms with Gasteiger partial charge in [-0.2, -0.15) is 13.2 Å². The zero-order valence-corrected chi connectivity index (χ0v) is 17.8. The van der Waals surface area contributed by atoms with Crippen LogP contribution in [0.4, 0.5) is 30.2 Å². The number of hydroxylamine groups is 1. The predicted molar refractivity (Wildman–Crippen MR) is 117 cm³/mol. The lowest BCUT2D eigenvalue weighted by atomic mass is 9.89. The lowest BCUT2D eigenvalue weighted by molar-refractivity contribution is -0.385. The van der Waals surface area contributed by atoms with Crippen molar-refractivity contribution in [1.29, 1.82) is 0 Å². The molecule has 3 atom stereocenters. The zero-order valence-electron chi connectivity index (χ0n) is 17.8. The van der Waals surface area contributed by atoms with Crippen molar-refractivity contribution >= 4 is 28.9 Å². The molecule has 11 heteroatoms. The highest BCUT2D eigenvalue weighted by atomic mass is 19.4. The molecule has 0 bridgehead atoms. The van der Waals surface area contributed by atoms with Gasteiger partial charge in [-0.3, -0.25) is 24.5 Å². The number of halogens is 3. The number of nitro groups is 1. The number of benzene rings is 3. The van der Waals surface area contributed by atoms with Crippen LogP contribution in [0.1, 0.15) is 17.2 Å². The molecule has 35 heavy (non-hydrogen) atoms. The molecule has 8 nitrogen and oxygen atoms in total. The van der Waals surface area contributed by atoms with Gasteiger partial charge in [0, 0.05) is 6.07 Å². The summed E-state index contributed by atoms with van der Waals surface area (Å²) in [6.07, 6.45) is -6.28. The van der Waals surface area contributed by atoms with Crippen molar-refractivity contribution in [3.63, 3.8) is 0 Å². The zero-order chi connectivity index (χ0) is 24.9. The van der Waals surface area contributed by atoms with Crippen LogP contribution < -0.4 is 9.96 Å². The molecule has 0 radical (unpaired) electrons. The number of carbonyl (C=O) groups excluding carboxylic acids is 2. The van der Waals surface area contributed by atoms with Crippen LogP contribution in [0.25, 0.3) is 0 Å². The first-order chi connectivity index (χ1) is 16.7. The van der Waals surface area contributed by atoms with Crippen molar-refractivity contribution in [2.75, 3.05) is 9.96 Å². The molecule has 0 saturated carbocycles. The second kappa shape index (κ2) is 8.20. The maximum Gasteiger partial charge on any atom is 0.418 e. The Morgan fingerprint density at radius 1 is 0.857 bits per heavy atom. The van der Waals surface area contributed by atoms with E-state index in [1.54, 1.807) is 30.3 Å². The normalized spacial score (nSPS) is 22.0. The van der Waals surface area contributed by atoms with E-state index in [-0.39, 0.29) is 11.3 Å². The van der Waals surface area contributed by atoms with E-state index in [0.29, 0.717) is 10.6 Å². The summed E-state index contributed by atoms with van der Waals surface area (Å²) in [6.45, 7) is 0. The van der Waals surface area contributed by atoms with Gasteiger partial charge in [-0.1, -0.05) is 42.5 Å². The summed E-state index contributed by atoms with van der Waals surface area (Å²) >= 11 is 0. The van der Waals surface area contributed by atoms with Crippen molar-refractivity contribution in [1.82, 2.24) is 0 Å². The molecule has 2 amide bonds. The topological polar surface area (TPSA) is 93.0 Å². The van der Waals surface area contributed by atoms with E-state index in [0.717, 1.165) is 18.2 Å². The number of nitrogens with zero attached hydrogens (tertiary/aromatic N) is 3. The Hall–Kier alpha value is -4.25. The summed E-state index contributed by atoms with van der Waals surface area (Å²) < 4.78 is 40.9. The minimum atomic E-state index is -4.82. The summed E-state index contributed by atoms with van der Waals surface area (Å²) in [5, 5.41) is 13.0. The summed E-state index contributed by atoms with van der Waals surface area (Å²) in [4.78, 5) is 44.3. The number of rotatable bonds is 4.